The molecule has 0 atom stereocenters. The molecule has 0 aliphatic heterocycles. The molecule has 0 bridgehead atoms. The number of hydrogen-bond acceptors (Lipinski definition) is 3. The average molecular weight is 138 g/mol. The second-order valence-corrected chi connectivity index (χ2v) is 1.64. The first kappa shape index (κ1) is 6.54. The second-order valence-electron chi connectivity index (χ2n) is 1.64. The maximum Gasteiger partial charge on any atom is 0.251 e. The summed E-state index contributed by atoms with van der Waals surface area (Å²) in [5, 5.41) is 8.27. The van der Waals surface area contributed by atoms with Crippen molar-refractivity contribution in [2.24, 2.45) is 0 Å². The first-order chi connectivity index (χ1) is 4.83. The predicted octanol–water partition coefficient (Wildman–Crippen LogP) is 0.299. The first-order valence-electron chi connectivity index (χ1n) is 2.69. The number of hydrogen-bond donors (Lipinski definition) is 2. The Morgan fingerprint density at radius 3 is 3.10 bits per heavy atom. The van der Waals surface area contributed by atoms with E-state index in [1.54, 1.807) is 0 Å². The molecule has 0 unspecified atom stereocenters. The van der Waals surface area contributed by atoms with Gasteiger partial charge in [-0.3, -0.25) is 4.79 Å². The zero-order valence-corrected chi connectivity index (χ0v) is 5.11. The lowest BCUT2D eigenvalue weighted by Crippen LogP contribution is -2.05. The molecule has 2 N–H and O–H groups in total. The molecule has 0 aromatic carbocycles. The summed E-state index contributed by atoms with van der Waals surface area (Å²) in [7, 11) is 0. The lowest BCUT2D eigenvalue weighted by Gasteiger charge is -1.87. The molecule has 0 aliphatic rings. The molecule has 4 nitrogen and oxygen atoms in total. The number of nitrogens with one attached hydrogen (secondary N) is 1. The van der Waals surface area contributed by atoms with Crippen LogP contribution >= 0.6 is 0 Å². The molecule has 1 aromatic heterocycles. The van der Waals surface area contributed by atoms with Crippen LogP contribution in [0.25, 0.3) is 6.08 Å². The zero-order chi connectivity index (χ0) is 7.40. The van der Waals surface area contributed by atoms with Crippen molar-refractivity contribution in [2.45, 2.75) is 0 Å². The normalized spacial score (nSPS) is 10.4. The van der Waals surface area contributed by atoms with Gasteiger partial charge in [0.05, 0.1) is 6.26 Å². The van der Waals surface area contributed by atoms with Crippen molar-refractivity contribution in [2.75, 3.05) is 0 Å². The Labute approximate surface area is 56.9 Å². The largest absolute Gasteiger partial charge is 0.515 e. The quantitative estimate of drug-likeness (QED) is 0.548. The molecule has 0 spiro atoms. The maximum absolute atomic E-state index is 10.6. The van der Waals surface area contributed by atoms with Gasteiger partial charge in [0.2, 0.25) is 0 Å². The van der Waals surface area contributed by atoms with Crippen molar-refractivity contribution < 1.29 is 5.11 Å². The Morgan fingerprint density at radius 1 is 1.70 bits per heavy atom. The molecular weight excluding hydrogens is 132 g/mol. The summed E-state index contributed by atoms with van der Waals surface area (Å²) in [6.45, 7) is 0. The van der Waals surface area contributed by atoms with Crippen molar-refractivity contribution in [3.8, 4) is 0 Å². The Kier molecular flexibility index (Phi) is 1.84. The molecule has 52 valence electrons. The van der Waals surface area contributed by atoms with E-state index in [0.29, 0.717) is 5.82 Å². The van der Waals surface area contributed by atoms with Crippen molar-refractivity contribution >= 4 is 6.08 Å². The Morgan fingerprint density at radius 2 is 2.50 bits per heavy atom. The first-order valence-corrected chi connectivity index (χ1v) is 2.69. The van der Waals surface area contributed by atoms with Crippen molar-refractivity contribution in [3.05, 3.63) is 34.7 Å². The van der Waals surface area contributed by atoms with E-state index in [1.807, 2.05) is 0 Å². The van der Waals surface area contributed by atoms with E-state index in [2.05, 4.69) is 9.97 Å². The third kappa shape index (κ3) is 1.45. The van der Waals surface area contributed by atoms with Gasteiger partial charge < -0.3 is 10.1 Å². The second kappa shape index (κ2) is 2.82. The Hall–Kier alpha value is -1.58. The Balaban J connectivity index is 3.07. The van der Waals surface area contributed by atoms with Crippen LogP contribution in [0.5, 0.6) is 0 Å². The zero-order valence-electron chi connectivity index (χ0n) is 5.11. The average Bonchev–Trinajstić information content (AvgIpc) is 1.88. The monoisotopic (exact) mass is 138 g/mol. The number of aliphatic hydroxyl groups is 1. The molecule has 10 heavy (non-hydrogen) atoms. The van der Waals surface area contributed by atoms with Crippen molar-refractivity contribution in [3.63, 3.8) is 0 Å². The summed E-state index contributed by atoms with van der Waals surface area (Å²) < 4.78 is 0. The topological polar surface area (TPSA) is 66.0 Å². The van der Waals surface area contributed by atoms with Gasteiger partial charge >= 0.3 is 0 Å². The van der Waals surface area contributed by atoms with E-state index in [-0.39, 0.29) is 5.56 Å². The highest BCUT2D eigenvalue weighted by molar-refractivity contribution is 5.36. The van der Waals surface area contributed by atoms with Crippen LogP contribution in [0.1, 0.15) is 5.82 Å². The van der Waals surface area contributed by atoms with Crippen LogP contribution in [0.3, 0.4) is 0 Å². The molecule has 0 saturated carbocycles. The molecule has 0 radical (unpaired) electrons. The van der Waals surface area contributed by atoms with Gasteiger partial charge in [0.25, 0.3) is 5.56 Å². The fourth-order valence-electron chi connectivity index (χ4n) is 0.541. The molecule has 0 aliphatic carbocycles. The van der Waals surface area contributed by atoms with E-state index in [1.165, 1.54) is 18.3 Å². The van der Waals surface area contributed by atoms with Gasteiger partial charge in [-0.2, -0.15) is 0 Å². The van der Waals surface area contributed by atoms with E-state index in [4.69, 9.17) is 5.11 Å². The number of aromatic nitrogens is 2. The highest BCUT2D eigenvalue weighted by Gasteiger charge is 1.85. The minimum absolute atomic E-state index is 0.233. The van der Waals surface area contributed by atoms with Gasteiger partial charge in [-0.05, 0) is 0 Å². The maximum atomic E-state index is 10.6. The highest BCUT2D eigenvalue weighted by atomic mass is 16.2. The van der Waals surface area contributed by atoms with Crippen LogP contribution < -0.4 is 5.56 Å². The number of nitrogens with zero attached hydrogens (tertiary/aromatic N) is 1. The van der Waals surface area contributed by atoms with Crippen LogP contribution in [-0.2, 0) is 0 Å². The molecule has 1 rings (SSSR count). The molecule has 1 heterocycles. The number of H-pyrrole nitrogens is 1. The van der Waals surface area contributed by atoms with Gasteiger partial charge in [-0.15, -0.1) is 0 Å². The van der Waals surface area contributed by atoms with Crippen molar-refractivity contribution in [1.82, 2.24) is 9.97 Å². The van der Waals surface area contributed by atoms with Crippen LogP contribution in [0, 0.1) is 0 Å². The highest BCUT2D eigenvalue weighted by Crippen LogP contribution is 1.84. The Bertz CT molecular complexity index is 290. The third-order valence-electron chi connectivity index (χ3n) is 0.923. The lowest BCUT2D eigenvalue weighted by molar-refractivity contribution is 0.477. The van der Waals surface area contributed by atoms with Crippen LogP contribution in [-0.4, -0.2) is 15.1 Å². The summed E-state index contributed by atoms with van der Waals surface area (Å²) in [5.41, 5.74) is -0.233. The fraction of sp³-hybridized carbons (Fsp3) is 0. The molecular formula is C6H6N2O2. The summed E-state index contributed by atoms with van der Waals surface area (Å²) in [4.78, 5) is 16.7. The van der Waals surface area contributed by atoms with E-state index >= 15 is 0 Å². The lowest BCUT2D eigenvalue weighted by atomic mass is 10.5. The standard InChI is InChI=1S/C6H6N2O2/c9-4-2-5-7-3-1-6(10)8-5/h1-4,9H,(H,7,8,10)/b4-2+. The van der Waals surface area contributed by atoms with E-state index in [0.717, 1.165) is 6.26 Å². The van der Waals surface area contributed by atoms with E-state index in [9.17, 15) is 4.79 Å². The predicted molar refractivity (Wildman–Crippen MR) is 36.5 cm³/mol. The summed E-state index contributed by atoms with van der Waals surface area (Å²) in [6, 6.07) is 1.30. The van der Waals surface area contributed by atoms with Gasteiger partial charge in [0.1, 0.15) is 5.82 Å². The minimum atomic E-state index is -0.233. The van der Waals surface area contributed by atoms with Gasteiger partial charge in [-0.1, -0.05) is 0 Å². The smallest absolute Gasteiger partial charge is 0.251 e. The summed E-state index contributed by atoms with van der Waals surface area (Å²) >= 11 is 0. The molecule has 0 amide bonds. The SMILES string of the molecule is O=c1ccnc(/C=C/O)[nH]1. The third-order valence-corrected chi connectivity index (χ3v) is 0.923. The fourth-order valence-corrected chi connectivity index (χ4v) is 0.541. The molecule has 4 heteroatoms. The van der Waals surface area contributed by atoms with E-state index < -0.39 is 0 Å². The summed E-state index contributed by atoms with van der Waals surface area (Å²) in [5.74, 6) is 0.343. The van der Waals surface area contributed by atoms with Crippen molar-refractivity contribution in [1.29, 1.82) is 0 Å². The summed E-state index contributed by atoms with van der Waals surface area (Å²) in [6.07, 6.45) is 3.48. The molecule has 0 saturated heterocycles. The molecule has 1 aromatic rings. The van der Waals surface area contributed by atoms with Gasteiger partial charge in [0, 0.05) is 18.3 Å². The van der Waals surface area contributed by atoms with Crippen LogP contribution in [0.2, 0.25) is 0 Å². The van der Waals surface area contributed by atoms with Gasteiger partial charge in [0.15, 0.2) is 0 Å². The van der Waals surface area contributed by atoms with Crippen LogP contribution in [0.15, 0.2) is 23.3 Å². The van der Waals surface area contributed by atoms with Gasteiger partial charge in [-0.25, -0.2) is 4.98 Å². The number of rotatable bonds is 1. The number of aromatic amines is 1. The minimum Gasteiger partial charge on any atom is -0.515 e. The van der Waals surface area contributed by atoms with Crippen LogP contribution in [0.4, 0.5) is 0 Å². The molecule has 0 fully saturated rings. The number of aliphatic hydroxyl groups excluding tert-OH is 1.